The zero-order valence-electron chi connectivity index (χ0n) is 54.8. The number of amides is 6. The number of hydrogen-bond acceptors (Lipinski definition) is 15. The Kier molecular flexibility index (Phi) is 66.7. The Balaban J connectivity index is -0.000000574. The Morgan fingerprint density at radius 1 is 0.651 bits per heavy atom. The summed E-state index contributed by atoms with van der Waals surface area (Å²) in [5.74, 6) is -0.881. The van der Waals surface area contributed by atoms with Gasteiger partial charge in [-0.2, -0.15) is 0 Å². The predicted octanol–water partition coefficient (Wildman–Crippen LogP) is 8.86. The number of hydrazine groups is 1. The van der Waals surface area contributed by atoms with Crippen molar-refractivity contribution in [2.45, 2.75) is 179 Å². The van der Waals surface area contributed by atoms with Crippen LogP contribution in [0.2, 0.25) is 0 Å². The van der Waals surface area contributed by atoms with Crippen molar-refractivity contribution in [1.82, 2.24) is 31.7 Å². The van der Waals surface area contributed by atoms with Gasteiger partial charge in [-0.3, -0.25) is 19.2 Å². The van der Waals surface area contributed by atoms with E-state index in [1.807, 2.05) is 87.7 Å². The summed E-state index contributed by atoms with van der Waals surface area (Å²) in [4.78, 5) is 61.3. The number of nitrogens with zero attached hydrogens (tertiary/aromatic N) is 1. The summed E-state index contributed by atoms with van der Waals surface area (Å²) in [6, 6.07) is 4.47. The minimum Gasteiger partial charge on any atom is -0.382 e. The molecule has 0 aromatic heterocycles. The fraction of sp³-hybridized carbons (Fsp3) is 0.790. The first kappa shape index (κ1) is 85.0. The van der Waals surface area contributed by atoms with Crippen LogP contribution in [-0.2, 0) is 70.0 Å². The van der Waals surface area contributed by atoms with E-state index >= 15 is 0 Å². The van der Waals surface area contributed by atoms with E-state index in [2.05, 4.69) is 65.9 Å². The number of methoxy groups -OCH3 is 1. The third-order valence-electron chi connectivity index (χ3n) is 11.3. The number of unbranched alkanes of at least 4 members (excludes halogenated alkanes) is 3. The Morgan fingerprint density at radius 2 is 1.17 bits per heavy atom. The zero-order chi connectivity index (χ0) is 63.2. The van der Waals surface area contributed by atoms with E-state index in [0.29, 0.717) is 98.1 Å². The van der Waals surface area contributed by atoms with Gasteiger partial charge in [0.2, 0.25) is 23.6 Å². The molecule has 0 spiro atoms. The molecule has 0 bridgehead atoms. The van der Waals surface area contributed by atoms with Crippen molar-refractivity contribution < 1.29 is 61.9 Å². The van der Waals surface area contributed by atoms with Crippen molar-refractivity contribution in [3.63, 3.8) is 0 Å². The molecule has 1 unspecified atom stereocenters. The molecule has 83 heavy (non-hydrogen) atoms. The van der Waals surface area contributed by atoms with Crippen LogP contribution < -0.4 is 37.9 Å². The van der Waals surface area contributed by atoms with Crippen molar-refractivity contribution >= 4 is 35.3 Å². The number of carbonyl (C=O) groups is 5. The van der Waals surface area contributed by atoms with Crippen LogP contribution in [0, 0.1) is 11.8 Å². The van der Waals surface area contributed by atoms with Gasteiger partial charge in [0.15, 0.2) is 0 Å². The van der Waals surface area contributed by atoms with Crippen LogP contribution in [-0.4, -0.2) is 174 Å². The zero-order valence-corrected chi connectivity index (χ0v) is 54.8. The van der Waals surface area contributed by atoms with Crippen molar-refractivity contribution in [1.29, 1.82) is 0 Å². The van der Waals surface area contributed by atoms with Crippen LogP contribution in [0.1, 0.15) is 171 Å². The molecule has 488 valence electrons. The average Bonchev–Trinajstić information content (AvgIpc) is 4.47. The molecule has 1 aromatic carbocycles. The molecular formula is C62H122N8O13. The monoisotopic (exact) mass is 1190 g/mol. The molecule has 6 amide bonds. The fourth-order valence-corrected chi connectivity index (χ4v) is 6.81. The van der Waals surface area contributed by atoms with E-state index in [1.54, 1.807) is 12.0 Å². The SMILES string of the molecule is CC.CC.CCC/C=C(/CC)NNC.CCCNC(N)=O.CCCOCCC(=O)NC(C(=O)NCC(=O)Nc1ccc(CC)c(CN(C)C(=O)C2CC2)c1)C(C)C.CCCOCCOCCOCCOCCCCCOCCOCCOC. The van der Waals surface area contributed by atoms with E-state index in [0.717, 1.165) is 102 Å². The molecule has 1 atom stereocenters. The van der Waals surface area contributed by atoms with E-state index in [9.17, 15) is 24.0 Å². The van der Waals surface area contributed by atoms with Crippen LogP contribution in [0.25, 0.3) is 0 Å². The van der Waals surface area contributed by atoms with E-state index < -0.39 is 18.0 Å². The summed E-state index contributed by atoms with van der Waals surface area (Å²) < 4.78 is 42.7. The van der Waals surface area contributed by atoms with Crippen molar-refractivity contribution in [2.24, 2.45) is 17.6 Å². The molecule has 21 nitrogen and oxygen atoms in total. The lowest BCUT2D eigenvalue weighted by molar-refractivity contribution is -0.131. The summed E-state index contributed by atoms with van der Waals surface area (Å²) >= 11 is 0. The Bertz CT molecular complexity index is 1670. The standard InChI is InChI=1S/C27H42N4O5.C19H40O7.C8H18N2.C4H10N2O.2C2H6/c1-6-13-36-14-12-23(32)30-25(18(3)4)26(34)28-16-24(33)29-22-11-10-19(7-2)21(15-22)17-31(5)27(35)20-8-9-20;1-3-7-21-12-15-25-18-19-26-17-14-23-9-6-4-5-8-22-13-16-24-11-10-20-2;1-4-6-7-8(5-2)10-9-3;1-2-3-6-4(5)7;2*1-2/h10-11,15,18,20,25H,6-9,12-14,16-17H2,1-5H3,(H,28,34)(H,29,33)(H,30,32);3-19H2,1-2H3;7,9-10H,4-6H2,1-3H3;2-3H2,1H3,(H3,5,6,7);2*1-2H3/b;;8-7-;;;. The molecular weight excluding hydrogens is 1060 g/mol. The van der Waals surface area contributed by atoms with Crippen LogP contribution in [0.4, 0.5) is 10.5 Å². The van der Waals surface area contributed by atoms with Gasteiger partial charge >= 0.3 is 6.03 Å². The molecule has 21 heteroatoms. The second-order valence-corrected chi connectivity index (χ2v) is 19.0. The number of rotatable bonds is 45. The number of allylic oxidation sites excluding steroid dienone is 2. The van der Waals surface area contributed by atoms with Crippen LogP contribution in [0.3, 0.4) is 0 Å². The molecule has 1 aliphatic rings. The quantitative estimate of drug-likeness (QED) is 0.0238. The number of primary amides is 1. The summed E-state index contributed by atoms with van der Waals surface area (Å²) in [5.41, 5.74) is 14.7. The van der Waals surface area contributed by atoms with E-state index in [-0.39, 0.29) is 42.5 Å². The highest BCUT2D eigenvalue weighted by Gasteiger charge is 2.32. The lowest BCUT2D eigenvalue weighted by Gasteiger charge is -2.22. The van der Waals surface area contributed by atoms with Crippen molar-refractivity contribution in [3.8, 4) is 0 Å². The smallest absolute Gasteiger partial charge is 0.312 e. The van der Waals surface area contributed by atoms with Gasteiger partial charge in [-0.05, 0) is 99.8 Å². The summed E-state index contributed by atoms with van der Waals surface area (Å²) in [7, 11) is 5.36. The molecule has 2 rings (SSSR count). The normalized spacial score (nSPS) is 11.7. The Morgan fingerprint density at radius 3 is 1.60 bits per heavy atom. The highest BCUT2D eigenvalue weighted by atomic mass is 16.6. The van der Waals surface area contributed by atoms with Crippen LogP contribution in [0.15, 0.2) is 30.0 Å². The van der Waals surface area contributed by atoms with Gasteiger partial charge in [-0.25, -0.2) is 10.2 Å². The maximum Gasteiger partial charge on any atom is 0.312 e. The molecule has 8 N–H and O–H groups in total. The summed E-state index contributed by atoms with van der Waals surface area (Å²) in [6.45, 7) is 34.6. The first-order chi connectivity index (χ1) is 40.2. The Hall–Kier alpha value is -4.45. The van der Waals surface area contributed by atoms with Gasteiger partial charge in [0.25, 0.3) is 0 Å². The van der Waals surface area contributed by atoms with E-state index in [1.165, 1.54) is 12.1 Å². The molecule has 0 aliphatic heterocycles. The molecule has 0 heterocycles. The average molecular weight is 1190 g/mol. The number of carbonyl (C=O) groups excluding carboxylic acids is 5. The fourth-order valence-electron chi connectivity index (χ4n) is 6.81. The third kappa shape index (κ3) is 56.5. The number of urea groups is 1. The molecule has 1 aliphatic carbocycles. The van der Waals surface area contributed by atoms with Gasteiger partial charge in [0.05, 0.1) is 79.2 Å². The van der Waals surface area contributed by atoms with Crippen molar-refractivity contribution in [2.75, 3.05) is 139 Å². The minimum atomic E-state index is -0.744. The van der Waals surface area contributed by atoms with Crippen molar-refractivity contribution in [3.05, 3.63) is 41.1 Å². The first-order valence-corrected chi connectivity index (χ1v) is 31.1. The second-order valence-electron chi connectivity index (χ2n) is 19.0. The number of aryl methyl sites for hydroxylation is 1. The maximum absolute atomic E-state index is 12.7. The topological polar surface area (TPSA) is 261 Å². The number of benzene rings is 1. The van der Waals surface area contributed by atoms with Gasteiger partial charge < -0.3 is 75.2 Å². The number of nitrogens with one attached hydrogen (secondary N) is 6. The molecule has 0 radical (unpaired) electrons. The lowest BCUT2D eigenvalue weighted by Crippen LogP contribution is -2.51. The summed E-state index contributed by atoms with van der Waals surface area (Å²) in [5, 5.41) is 10.6. The van der Waals surface area contributed by atoms with Gasteiger partial charge in [-0.15, -0.1) is 0 Å². The number of anilines is 1. The lowest BCUT2D eigenvalue weighted by atomic mass is 10.0. The van der Waals surface area contributed by atoms with Crippen LogP contribution >= 0.6 is 0 Å². The predicted molar refractivity (Wildman–Crippen MR) is 336 cm³/mol. The van der Waals surface area contributed by atoms with Gasteiger partial charge in [-0.1, -0.05) is 102 Å². The molecule has 0 saturated heterocycles. The van der Waals surface area contributed by atoms with Gasteiger partial charge in [0.1, 0.15) is 6.04 Å². The molecule has 1 fully saturated rings. The highest BCUT2D eigenvalue weighted by Crippen LogP contribution is 2.31. The summed E-state index contributed by atoms with van der Waals surface area (Å²) in [6.07, 6.45) is 14.7. The number of hydrogen-bond donors (Lipinski definition) is 7. The van der Waals surface area contributed by atoms with Crippen LogP contribution in [0.5, 0.6) is 0 Å². The molecule has 1 saturated carbocycles. The Labute approximate surface area is 503 Å². The maximum atomic E-state index is 12.7. The number of nitrogens with two attached hydrogens (primary N) is 1. The third-order valence-corrected chi connectivity index (χ3v) is 11.3. The second kappa shape index (κ2) is 65.1. The number of ether oxygens (including phenoxy) is 8. The highest BCUT2D eigenvalue weighted by molar-refractivity contribution is 5.96. The van der Waals surface area contributed by atoms with Gasteiger partial charge in [0, 0.05) is 84.4 Å². The minimum absolute atomic E-state index is 0.145. The molecule has 1 aromatic rings. The largest absolute Gasteiger partial charge is 0.382 e. The first-order valence-electron chi connectivity index (χ1n) is 31.1. The van der Waals surface area contributed by atoms with E-state index in [4.69, 9.17) is 43.6 Å².